The summed E-state index contributed by atoms with van der Waals surface area (Å²) in [5.74, 6) is 1.21. The second-order valence-electron chi connectivity index (χ2n) is 17.9. The molecule has 0 bridgehead atoms. The summed E-state index contributed by atoms with van der Waals surface area (Å²) in [5, 5.41) is 11.5. The molecule has 0 radical (unpaired) electrons. The van der Waals surface area contributed by atoms with Gasteiger partial charge in [-0.3, -0.25) is 0 Å². The van der Waals surface area contributed by atoms with Crippen LogP contribution in [0.1, 0.15) is 35.8 Å². The Morgan fingerprint density at radius 2 is 0.769 bits per heavy atom. The van der Waals surface area contributed by atoms with Gasteiger partial charge in [0.1, 0.15) is 0 Å². The summed E-state index contributed by atoms with van der Waals surface area (Å²) in [6, 6.07) is 64.6. The van der Waals surface area contributed by atoms with E-state index in [0.29, 0.717) is 11.8 Å². The fourth-order valence-electron chi connectivity index (χ4n) is 11.0. The molecule has 306 valence electrons. The van der Waals surface area contributed by atoms with Gasteiger partial charge < -0.3 is 0 Å². The van der Waals surface area contributed by atoms with Gasteiger partial charge in [-0.05, 0) is 132 Å². The molecule has 0 amide bonds. The fraction of sp³-hybridized carbons (Fsp3) is 0.0667. The first kappa shape index (κ1) is 37.1. The van der Waals surface area contributed by atoms with E-state index in [4.69, 9.17) is 0 Å². The number of fused-ring (bicyclic) bond motifs is 15. The van der Waals surface area contributed by atoms with Crippen LogP contribution in [0.2, 0.25) is 0 Å². The van der Waals surface area contributed by atoms with Crippen LogP contribution in [-0.2, 0) is 0 Å². The van der Waals surface area contributed by atoms with Crippen LogP contribution in [0.4, 0.5) is 0 Å². The number of benzene rings is 8. The zero-order valence-electron chi connectivity index (χ0n) is 34.9. The van der Waals surface area contributed by atoms with Gasteiger partial charge in [-0.25, -0.2) is 0 Å². The SMILES string of the molecule is c1ccc2c(-c3ccc(-c4ccc5c6c(sc5c4)-c4ccc(-c5ccc7c(c5)sc5c8ccc(-c9ccc(-c%10csc%11ccccc%10%11)cc9)cc8sc75)cc4[C@@H]4CCC64)cc3)csc2c1. The topological polar surface area (TPSA) is 0 Å². The molecule has 5 heterocycles. The van der Waals surface area contributed by atoms with E-state index in [1.807, 2.05) is 56.7 Å². The maximum absolute atomic E-state index is 2.55. The molecule has 5 aromatic heterocycles. The Morgan fingerprint density at radius 1 is 0.323 bits per heavy atom. The van der Waals surface area contributed by atoms with Crippen LogP contribution in [0.15, 0.2) is 181 Å². The van der Waals surface area contributed by atoms with Crippen molar-refractivity contribution in [3.63, 3.8) is 0 Å². The lowest BCUT2D eigenvalue weighted by Gasteiger charge is -2.42. The van der Waals surface area contributed by atoms with Crippen molar-refractivity contribution in [3.8, 4) is 66.1 Å². The van der Waals surface area contributed by atoms with E-state index in [-0.39, 0.29) is 0 Å². The van der Waals surface area contributed by atoms with Crippen molar-refractivity contribution in [2.24, 2.45) is 0 Å². The van der Waals surface area contributed by atoms with Gasteiger partial charge in [0.15, 0.2) is 0 Å². The van der Waals surface area contributed by atoms with Crippen molar-refractivity contribution in [2.75, 3.05) is 0 Å². The van der Waals surface area contributed by atoms with Crippen LogP contribution >= 0.6 is 56.7 Å². The predicted octanol–water partition coefficient (Wildman–Crippen LogP) is 19.9. The number of hydrogen-bond acceptors (Lipinski definition) is 5. The molecule has 1 fully saturated rings. The third kappa shape index (κ3) is 5.63. The van der Waals surface area contributed by atoms with Crippen LogP contribution < -0.4 is 0 Å². The molecule has 0 saturated heterocycles. The predicted molar refractivity (Wildman–Crippen MR) is 288 cm³/mol. The minimum absolute atomic E-state index is 0.599. The van der Waals surface area contributed by atoms with E-state index < -0.39 is 0 Å². The molecule has 0 spiro atoms. The highest BCUT2D eigenvalue weighted by Gasteiger charge is 2.42. The third-order valence-electron chi connectivity index (χ3n) is 14.5. The Hall–Kier alpha value is -6.18. The zero-order valence-corrected chi connectivity index (χ0v) is 39.0. The molecule has 0 N–H and O–H groups in total. The van der Waals surface area contributed by atoms with E-state index in [1.54, 1.807) is 11.1 Å². The van der Waals surface area contributed by atoms with Gasteiger partial charge in [0, 0.05) is 61.0 Å². The minimum Gasteiger partial charge on any atom is -0.143 e. The Morgan fingerprint density at radius 3 is 1.32 bits per heavy atom. The maximum Gasteiger partial charge on any atom is 0.0542 e. The first-order chi connectivity index (χ1) is 32.2. The third-order valence-corrected chi connectivity index (χ3v) is 20.1. The van der Waals surface area contributed by atoms with E-state index in [9.17, 15) is 0 Å². The van der Waals surface area contributed by atoms with Crippen LogP contribution in [0, 0.1) is 0 Å². The zero-order chi connectivity index (χ0) is 42.3. The Balaban J connectivity index is 0.727. The Labute approximate surface area is 396 Å². The number of thiophene rings is 5. The molecule has 13 aromatic rings. The summed E-state index contributed by atoms with van der Waals surface area (Å²) in [5.41, 5.74) is 17.6. The normalized spacial score (nSPS) is 15.6. The molecule has 65 heavy (non-hydrogen) atoms. The summed E-state index contributed by atoms with van der Waals surface area (Å²) in [7, 11) is 0. The van der Waals surface area contributed by atoms with Crippen molar-refractivity contribution in [1.82, 2.24) is 0 Å². The molecule has 1 saturated carbocycles. The largest absolute Gasteiger partial charge is 0.143 e. The second-order valence-corrected chi connectivity index (χ2v) is 22.9. The van der Waals surface area contributed by atoms with Crippen LogP contribution in [0.5, 0.6) is 0 Å². The van der Waals surface area contributed by atoms with Crippen molar-refractivity contribution in [2.45, 2.75) is 24.7 Å². The van der Waals surface area contributed by atoms with Crippen LogP contribution in [0.25, 0.3) is 126 Å². The van der Waals surface area contributed by atoms with E-state index >= 15 is 0 Å². The average molecular weight is 917 g/mol. The lowest BCUT2D eigenvalue weighted by molar-refractivity contribution is 0.346. The van der Waals surface area contributed by atoms with E-state index in [2.05, 4.69) is 181 Å². The lowest BCUT2D eigenvalue weighted by atomic mass is 9.62. The Bertz CT molecular complexity index is 4070. The van der Waals surface area contributed by atoms with Crippen molar-refractivity contribution < 1.29 is 0 Å². The molecule has 2 atom stereocenters. The summed E-state index contributed by atoms with van der Waals surface area (Å²) < 4.78 is 9.66. The average Bonchev–Trinajstić information content (AvgIpc) is 4.18. The van der Waals surface area contributed by atoms with E-state index in [1.165, 1.54) is 139 Å². The minimum atomic E-state index is 0.599. The fourth-order valence-corrected chi connectivity index (χ4v) is 17.1. The van der Waals surface area contributed by atoms with Crippen molar-refractivity contribution >= 4 is 117 Å². The molecule has 15 rings (SSSR count). The lowest BCUT2D eigenvalue weighted by Crippen LogP contribution is -2.25. The molecule has 2 aliphatic carbocycles. The first-order valence-electron chi connectivity index (χ1n) is 22.4. The van der Waals surface area contributed by atoms with Gasteiger partial charge in [0.05, 0.1) is 9.40 Å². The summed E-state index contributed by atoms with van der Waals surface area (Å²) in [6.07, 6.45) is 2.55. The molecule has 0 aliphatic heterocycles. The molecule has 2 aliphatic rings. The summed E-state index contributed by atoms with van der Waals surface area (Å²) in [4.78, 5) is 1.49. The van der Waals surface area contributed by atoms with Gasteiger partial charge in [-0.1, -0.05) is 140 Å². The maximum atomic E-state index is 2.55. The van der Waals surface area contributed by atoms with Gasteiger partial charge in [-0.2, -0.15) is 0 Å². The molecule has 0 nitrogen and oxygen atoms in total. The van der Waals surface area contributed by atoms with E-state index in [0.717, 1.165) is 0 Å². The summed E-state index contributed by atoms with van der Waals surface area (Å²) >= 11 is 9.56. The van der Waals surface area contributed by atoms with Crippen LogP contribution in [-0.4, -0.2) is 0 Å². The highest BCUT2D eigenvalue weighted by Crippen LogP contribution is 2.61. The summed E-state index contributed by atoms with van der Waals surface area (Å²) in [6.45, 7) is 0. The quantitative estimate of drug-likeness (QED) is 0.161. The van der Waals surface area contributed by atoms with Crippen molar-refractivity contribution in [1.29, 1.82) is 0 Å². The van der Waals surface area contributed by atoms with Gasteiger partial charge in [0.2, 0.25) is 0 Å². The second kappa shape index (κ2) is 14.2. The van der Waals surface area contributed by atoms with Crippen molar-refractivity contribution in [3.05, 3.63) is 192 Å². The van der Waals surface area contributed by atoms with Gasteiger partial charge in [0.25, 0.3) is 0 Å². The number of rotatable bonds is 5. The van der Waals surface area contributed by atoms with Gasteiger partial charge >= 0.3 is 0 Å². The molecule has 5 heteroatoms. The molecular weight excluding hydrogens is 881 g/mol. The van der Waals surface area contributed by atoms with Crippen LogP contribution in [0.3, 0.4) is 0 Å². The number of hydrogen-bond donors (Lipinski definition) is 0. The monoisotopic (exact) mass is 916 g/mol. The highest BCUT2D eigenvalue weighted by molar-refractivity contribution is 7.36. The Kier molecular flexibility index (Phi) is 8.08. The molecular formula is C60H36S5. The van der Waals surface area contributed by atoms with Gasteiger partial charge in [-0.15, -0.1) is 56.7 Å². The molecule has 1 unspecified atom stereocenters. The first-order valence-corrected chi connectivity index (χ1v) is 26.6. The standard InChI is InChI=1S/C60H36S5/c1-3-7-52-42(5-1)50(31-61-52)35-13-9-33(10-14-35)38-18-22-46-54(28-38)63-58-45-21-17-37(27-49(45)41-25-26-44(41)57(46)58)40-20-24-48-56(30-40)65-59-47-23-19-39(29-55(47)64-60(48)59)34-11-15-36(16-12-34)51-32-62-53-8-4-2-6-43(51)53/h1-24,27-32,41,44H,25-26H2/t41-,44?/m1/s1. The molecule has 8 aromatic carbocycles. The highest BCUT2D eigenvalue weighted by atomic mass is 32.1. The smallest absolute Gasteiger partial charge is 0.0542 e.